The van der Waals surface area contributed by atoms with Gasteiger partial charge in [-0.1, -0.05) is 36.4 Å². The van der Waals surface area contributed by atoms with E-state index in [9.17, 15) is 9.18 Å². The van der Waals surface area contributed by atoms with Crippen LogP contribution in [0.15, 0.2) is 78.9 Å². The zero-order valence-corrected chi connectivity index (χ0v) is 16.2. The van der Waals surface area contributed by atoms with E-state index in [1.54, 1.807) is 36.4 Å². The quantitative estimate of drug-likeness (QED) is 0.446. The van der Waals surface area contributed by atoms with Crippen LogP contribution in [0.2, 0.25) is 0 Å². The molecule has 1 amide bonds. The maximum Gasteiger partial charge on any atom is 0.261 e. The monoisotopic (exact) mass is 410 g/mol. The summed E-state index contributed by atoms with van der Waals surface area (Å²) in [5, 5.41) is 5.40. The molecule has 148 valence electrons. The Labute approximate surface area is 173 Å². The summed E-state index contributed by atoms with van der Waals surface area (Å²) in [6.07, 6.45) is 0. The molecule has 0 atom stereocenters. The van der Waals surface area contributed by atoms with Crippen molar-refractivity contribution >= 4 is 28.9 Å². The zero-order valence-electron chi connectivity index (χ0n) is 15.4. The largest absolute Gasteiger partial charge is 0.490 e. The average Bonchev–Trinajstić information content (AvgIpc) is 2.72. The Bertz CT molecular complexity index is 983. The minimum Gasteiger partial charge on any atom is -0.490 e. The van der Waals surface area contributed by atoms with Gasteiger partial charge in [0.15, 0.2) is 5.11 Å². The van der Waals surface area contributed by atoms with Crippen LogP contribution in [-0.4, -0.2) is 24.2 Å². The van der Waals surface area contributed by atoms with Crippen LogP contribution in [0.5, 0.6) is 11.5 Å². The highest BCUT2D eigenvalue weighted by atomic mass is 32.1. The minimum absolute atomic E-state index is 0.0582. The van der Waals surface area contributed by atoms with E-state index in [0.717, 1.165) is 5.75 Å². The van der Waals surface area contributed by atoms with Crippen LogP contribution in [0, 0.1) is 5.82 Å². The van der Waals surface area contributed by atoms with Gasteiger partial charge < -0.3 is 14.8 Å². The van der Waals surface area contributed by atoms with Crippen molar-refractivity contribution in [2.75, 3.05) is 18.5 Å². The van der Waals surface area contributed by atoms with Crippen molar-refractivity contribution in [3.05, 3.63) is 90.2 Å². The standard InChI is InChI=1S/C22H19FN2O3S/c23-16-7-6-8-17(15-16)24-22(29)25-21(26)19-11-4-5-12-20(19)28-14-13-27-18-9-2-1-3-10-18/h1-12,15H,13-14H2,(H2,24,25,26,29). The molecular weight excluding hydrogens is 391 g/mol. The Morgan fingerprint density at radius 3 is 2.41 bits per heavy atom. The summed E-state index contributed by atoms with van der Waals surface area (Å²) in [5.41, 5.74) is 0.772. The van der Waals surface area contributed by atoms with Gasteiger partial charge in [0.25, 0.3) is 5.91 Å². The SMILES string of the molecule is O=C(NC(=S)Nc1cccc(F)c1)c1ccccc1OCCOc1ccccc1. The lowest BCUT2D eigenvalue weighted by molar-refractivity contribution is 0.0972. The summed E-state index contributed by atoms with van der Waals surface area (Å²) >= 11 is 5.13. The van der Waals surface area contributed by atoms with E-state index in [2.05, 4.69) is 10.6 Å². The van der Waals surface area contributed by atoms with Crippen molar-refractivity contribution in [2.45, 2.75) is 0 Å². The second kappa shape index (κ2) is 10.2. The molecule has 3 aromatic carbocycles. The first-order chi connectivity index (χ1) is 14.1. The highest BCUT2D eigenvalue weighted by molar-refractivity contribution is 7.80. The number of carbonyl (C=O) groups is 1. The number of para-hydroxylation sites is 2. The molecule has 0 spiro atoms. The molecule has 0 aliphatic heterocycles. The minimum atomic E-state index is -0.432. The van der Waals surface area contributed by atoms with Gasteiger partial charge in [-0.25, -0.2) is 4.39 Å². The molecule has 0 unspecified atom stereocenters. The summed E-state index contributed by atoms with van der Waals surface area (Å²) in [6, 6.07) is 22.0. The number of benzene rings is 3. The number of amides is 1. The summed E-state index contributed by atoms with van der Waals surface area (Å²) in [5.74, 6) is 0.324. The fourth-order valence-electron chi connectivity index (χ4n) is 2.51. The van der Waals surface area contributed by atoms with Crippen LogP contribution in [0.3, 0.4) is 0 Å². The summed E-state index contributed by atoms with van der Waals surface area (Å²) in [6.45, 7) is 0.602. The highest BCUT2D eigenvalue weighted by Crippen LogP contribution is 2.18. The molecule has 0 aliphatic carbocycles. The summed E-state index contributed by atoms with van der Waals surface area (Å²) < 4.78 is 24.5. The molecule has 0 saturated heterocycles. The molecule has 0 saturated carbocycles. The third kappa shape index (κ3) is 6.29. The normalized spacial score (nSPS) is 10.1. The average molecular weight is 410 g/mol. The van der Waals surface area contributed by atoms with Crippen molar-refractivity contribution in [1.82, 2.24) is 5.32 Å². The maximum absolute atomic E-state index is 13.3. The molecule has 3 rings (SSSR count). The Morgan fingerprint density at radius 2 is 1.62 bits per heavy atom. The van der Waals surface area contributed by atoms with Crippen LogP contribution in [-0.2, 0) is 0 Å². The van der Waals surface area contributed by atoms with Gasteiger partial charge in [0.05, 0.1) is 5.56 Å². The fraction of sp³-hybridized carbons (Fsp3) is 0.0909. The van der Waals surface area contributed by atoms with E-state index in [1.807, 2.05) is 30.3 Å². The van der Waals surface area contributed by atoms with Gasteiger partial charge in [0.2, 0.25) is 0 Å². The lowest BCUT2D eigenvalue weighted by Gasteiger charge is -2.13. The summed E-state index contributed by atoms with van der Waals surface area (Å²) in [4.78, 5) is 12.6. The number of thiocarbonyl (C=S) groups is 1. The molecule has 29 heavy (non-hydrogen) atoms. The Kier molecular flexibility index (Phi) is 7.13. The third-order valence-corrected chi connectivity index (χ3v) is 4.00. The number of anilines is 1. The molecule has 7 heteroatoms. The van der Waals surface area contributed by atoms with Gasteiger partial charge in [-0.2, -0.15) is 0 Å². The number of hydrogen-bond acceptors (Lipinski definition) is 4. The Morgan fingerprint density at radius 1 is 0.897 bits per heavy atom. The Hall–Kier alpha value is -3.45. The molecule has 0 aliphatic rings. The van der Waals surface area contributed by atoms with E-state index in [4.69, 9.17) is 21.7 Å². The highest BCUT2D eigenvalue weighted by Gasteiger charge is 2.14. The molecule has 2 N–H and O–H groups in total. The molecule has 5 nitrogen and oxygen atoms in total. The molecule has 0 radical (unpaired) electrons. The second-order valence-electron chi connectivity index (χ2n) is 5.92. The zero-order chi connectivity index (χ0) is 20.5. The topological polar surface area (TPSA) is 59.6 Å². The van der Waals surface area contributed by atoms with Crippen LogP contribution >= 0.6 is 12.2 Å². The third-order valence-electron chi connectivity index (χ3n) is 3.79. The van der Waals surface area contributed by atoms with Gasteiger partial charge in [0, 0.05) is 5.69 Å². The van der Waals surface area contributed by atoms with Gasteiger partial charge in [0.1, 0.15) is 30.5 Å². The van der Waals surface area contributed by atoms with Gasteiger partial charge >= 0.3 is 0 Å². The Balaban J connectivity index is 1.54. The second-order valence-corrected chi connectivity index (χ2v) is 6.33. The van der Waals surface area contributed by atoms with Crippen molar-refractivity contribution in [1.29, 1.82) is 0 Å². The van der Waals surface area contributed by atoms with Crippen LogP contribution in [0.4, 0.5) is 10.1 Å². The van der Waals surface area contributed by atoms with E-state index >= 15 is 0 Å². The molecule has 0 bridgehead atoms. The first-order valence-corrected chi connectivity index (χ1v) is 9.30. The first kappa shape index (κ1) is 20.3. The van der Waals surface area contributed by atoms with Crippen LogP contribution in [0.1, 0.15) is 10.4 Å². The van der Waals surface area contributed by atoms with Gasteiger partial charge in [-0.05, 0) is 54.7 Å². The molecule has 0 heterocycles. The number of ether oxygens (including phenoxy) is 2. The number of hydrogen-bond donors (Lipinski definition) is 2. The van der Waals surface area contributed by atoms with E-state index < -0.39 is 11.7 Å². The van der Waals surface area contributed by atoms with Crippen LogP contribution in [0.25, 0.3) is 0 Å². The van der Waals surface area contributed by atoms with Crippen molar-refractivity contribution < 1.29 is 18.7 Å². The first-order valence-electron chi connectivity index (χ1n) is 8.89. The number of nitrogens with one attached hydrogen (secondary N) is 2. The van der Waals surface area contributed by atoms with Crippen LogP contribution < -0.4 is 20.1 Å². The van der Waals surface area contributed by atoms with E-state index in [1.165, 1.54) is 12.1 Å². The predicted molar refractivity (Wildman–Crippen MR) is 114 cm³/mol. The van der Waals surface area contributed by atoms with Crippen molar-refractivity contribution in [3.8, 4) is 11.5 Å². The summed E-state index contributed by atoms with van der Waals surface area (Å²) in [7, 11) is 0. The predicted octanol–water partition coefficient (Wildman–Crippen LogP) is 4.41. The lowest BCUT2D eigenvalue weighted by Crippen LogP contribution is -2.34. The maximum atomic E-state index is 13.3. The number of rotatable bonds is 7. The molecule has 0 fully saturated rings. The smallest absolute Gasteiger partial charge is 0.261 e. The van der Waals surface area contributed by atoms with E-state index in [0.29, 0.717) is 23.6 Å². The van der Waals surface area contributed by atoms with Gasteiger partial charge in [-0.15, -0.1) is 0 Å². The molecule has 0 aromatic heterocycles. The van der Waals surface area contributed by atoms with Gasteiger partial charge in [-0.3, -0.25) is 10.1 Å². The van der Waals surface area contributed by atoms with Crippen molar-refractivity contribution in [2.24, 2.45) is 0 Å². The number of carbonyl (C=O) groups excluding carboxylic acids is 1. The molecule has 3 aromatic rings. The fourth-order valence-corrected chi connectivity index (χ4v) is 2.72. The lowest BCUT2D eigenvalue weighted by atomic mass is 10.2. The van der Waals surface area contributed by atoms with E-state index in [-0.39, 0.29) is 11.7 Å². The molecular formula is C22H19FN2O3S. The number of halogens is 1. The van der Waals surface area contributed by atoms with Crippen molar-refractivity contribution in [3.63, 3.8) is 0 Å².